The largest absolute Gasteiger partial charge is 0.423 e. The first-order valence-corrected chi connectivity index (χ1v) is 12.0. The molecule has 4 unspecified atom stereocenters. The molecule has 0 aromatic heterocycles. The van der Waals surface area contributed by atoms with Crippen LogP contribution >= 0.6 is 0 Å². The van der Waals surface area contributed by atoms with Crippen molar-refractivity contribution in [2.45, 2.75) is 70.6 Å². The molecule has 3 nitrogen and oxygen atoms in total. The molecule has 162 valence electrons. The fourth-order valence-corrected chi connectivity index (χ4v) is 5.70. The Balaban J connectivity index is 1.32. The third-order valence-electron chi connectivity index (χ3n) is 7.50. The molecule has 2 saturated carbocycles. The standard InChI is InChI=1S/C28H33NO2/c1-2-3-4-20-5-8-26-18-25(14-13-24(26)17-20)22-9-11-23(12-10-22)28(30)31-27-15-6-21(19-29)7-16-27/h6-7,9-12,15-16,20,24-26H,2-5,8,13-14,17-18H2,1H3. The van der Waals surface area contributed by atoms with E-state index in [0.717, 1.165) is 17.8 Å². The Hall–Kier alpha value is -2.60. The number of rotatable bonds is 6. The summed E-state index contributed by atoms with van der Waals surface area (Å²) in [5.41, 5.74) is 2.48. The molecule has 3 heteroatoms. The van der Waals surface area contributed by atoms with Gasteiger partial charge in [0.15, 0.2) is 0 Å². The number of esters is 1. The maximum atomic E-state index is 12.5. The zero-order chi connectivity index (χ0) is 21.6. The number of carbonyl (C=O) groups is 1. The van der Waals surface area contributed by atoms with Crippen molar-refractivity contribution in [1.29, 1.82) is 5.26 Å². The Kier molecular flexibility index (Phi) is 7.07. The SMILES string of the molecule is CCCCC1CCC2CC(c3ccc(C(=O)Oc4ccc(C#N)cc4)cc3)CCC2C1. The summed E-state index contributed by atoms with van der Waals surface area (Å²) in [5, 5.41) is 8.87. The fourth-order valence-electron chi connectivity index (χ4n) is 5.70. The average molecular weight is 416 g/mol. The number of hydrogen-bond donors (Lipinski definition) is 0. The zero-order valence-electron chi connectivity index (χ0n) is 18.6. The number of unbranched alkanes of at least 4 members (excludes halogenated alkanes) is 1. The lowest BCUT2D eigenvalue weighted by molar-refractivity contribution is 0.0734. The summed E-state index contributed by atoms with van der Waals surface area (Å²) < 4.78 is 5.45. The highest BCUT2D eigenvalue weighted by Crippen LogP contribution is 2.48. The van der Waals surface area contributed by atoms with E-state index in [1.165, 1.54) is 63.4 Å². The van der Waals surface area contributed by atoms with Crippen molar-refractivity contribution in [3.63, 3.8) is 0 Å². The summed E-state index contributed by atoms with van der Waals surface area (Å²) in [4.78, 5) is 12.5. The highest BCUT2D eigenvalue weighted by atomic mass is 16.5. The van der Waals surface area contributed by atoms with Crippen molar-refractivity contribution in [1.82, 2.24) is 0 Å². The molecular weight excluding hydrogens is 382 g/mol. The average Bonchev–Trinajstić information content (AvgIpc) is 2.83. The number of hydrogen-bond acceptors (Lipinski definition) is 3. The third-order valence-corrected chi connectivity index (χ3v) is 7.50. The van der Waals surface area contributed by atoms with E-state index in [9.17, 15) is 4.79 Å². The maximum Gasteiger partial charge on any atom is 0.343 e. The summed E-state index contributed by atoms with van der Waals surface area (Å²) in [6.07, 6.45) is 12.4. The van der Waals surface area contributed by atoms with Crippen molar-refractivity contribution in [3.05, 3.63) is 65.2 Å². The lowest BCUT2D eigenvalue weighted by Gasteiger charge is -2.42. The minimum atomic E-state index is -0.356. The Bertz CT molecular complexity index is 910. The first kappa shape index (κ1) is 21.6. The smallest absolute Gasteiger partial charge is 0.343 e. The second-order valence-corrected chi connectivity index (χ2v) is 9.50. The molecule has 4 atom stereocenters. The number of nitrogens with zero attached hydrogens (tertiary/aromatic N) is 1. The van der Waals surface area contributed by atoms with Gasteiger partial charge in [0.05, 0.1) is 17.2 Å². The normalized spacial score (nSPS) is 25.3. The van der Waals surface area contributed by atoms with Crippen LogP contribution in [0.5, 0.6) is 5.75 Å². The molecule has 0 N–H and O–H groups in total. The summed E-state index contributed by atoms with van der Waals surface area (Å²) in [6, 6.07) is 16.7. The Morgan fingerprint density at radius 3 is 2.39 bits per heavy atom. The summed E-state index contributed by atoms with van der Waals surface area (Å²) in [5.74, 6) is 3.52. The minimum absolute atomic E-state index is 0.356. The topological polar surface area (TPSA) is 50.1 Å². The van der Waals surface area contributed by atoms with Crippen LogP contribution in [0.25, 0.3) is 0 Å². The molecule has 0 saturated heterocycles. The van der Waals surface area contributed by atoms with Gasteiger partial charge in [-0.1, -0.05) is 44.7 Å². The number of nitriles is 1. The number of ether oxygens (including phenoxy) is 1. The van der Waals surface area contributed by atoms with E-state index >= 15 is 0 Å². The molecule has 2 aliphatic carbocycles. The molecule has 0 aliphatic heterocycles. The zero-order valence-corrected chi connectivity index (χ0v) is 18.6. The second-order valence-electron chi connectivity index (χ2n) is 9.50. The van der Waals surface area contributed by atoms with Crippen LogP contribution in [0.15, 0.2) is 48.5 Å². The Morgan fingerprint density at radius 2 is 1.68 bits per heavy atom. The highest BCUT2D eigenvalue weighted by Gasteiger charge is 2.35. The lowest BCUT2D eigenvalue weighted by atomic mass is 9.63. The van der Waals surface area contributed by atoms with Crippen LogP contribution in [-0.2, 0) is 0 Å². The van der Waals surface area contributed by atoms with Gasteiger partial charge >= 0.3 is 5.97 Å². The second kappa shape index (κ2) is 10.1. The predicted octanol–water partition coefficient (Wildman–Crippen LogP) is 7.27. The summed E-state index contributed by atoms with van der Waals surface area (Å²) in [7, 11) is 0. The molecular formula is C28H33NO2. The monoisotopic (exact) mass is 415 g/mol. The van der Waals surface area contributed by atoms with Crippen LogP contribution in [0.2, 0.25) is 0 Å². The predicted molar refractivity (Wildman–Crippen MR) is 123 cm³/mol. The van der Waals surface area contributed by atoms with E-state index in [4.69, 9.17) is 10.00 Å². The van der Waals surface area contributed by atoms with E-state index < -0.39 is 0 Å². The van der Waals surface area contributed by atoms with Gasteiger partial charge in [-0.2, -0.15) is 5.26 Å². The van der Waals surface area contributed by atoms with Crippen LogP contribution in [-0.4, -0.2) is 5.97 Å². The van der Waals surface area contributed by atoms with Gasteiger partial charge < -0.3 is 4.74 Å². The molecule has 0 amide bonds. The van der Waals surface area contributed by atoms with Crippen LogP contribution in [0.1, 0.15) is 92.1 Å². The van der Waals surface area contributed by atoms with Crippen molar-refractivity contribution in [2.24, 2.45) is 17.8 Å². The lowest BCUT2D eigenvalue weighted by Crippen LogP contribution is -2.30. The van der Waals surface area contributed by atoms with E-state index in [0.29, 0.717) is 22.8 Å². The van der Waals surface area contributed by atoms with Crippen molar-refractivity contribution >= 4 is 5.97 Å². The number of benzene rings is 2. The number of carbonyl (C=O) groups excluding carboxylic acids is 1. The van der Waals surface area contributed by atoms with Gasteiger partial charge in [-0.3, -0.25) is 0 Å². The van der Waals surface area contributed by atoms with Gasteiger partial charge in [0.25, 0.3) is 0 Å². The molecule has 2 fully saturated rings. The summed E-state index contributed by atoms with van der Waals surface area (Å²) >= 11 is 0. The fraction of sp³-hybridized carbons (Fsp3) is 0.500. The van der Waals surface area contributed by atoms with Crippen molar-refractivity contribution in [3.8, 4) is 11.8 Å². The molecule has 4 rings (SSSR count). The van der Waals surface area contributed by atoms with E-state index in [-0.39, 0.29) is 5.97 Å². The van der Waals surface area contributed by atoms with Gasteiger partial charge in [-0.05, 0) is 97.7 Å². The number of fused-ring (bicyclic) bond motifs is 1. The molecule has 2 aromatic carbocycles. The molecule has 0 spiro atoms. The minimum Gasteiger partial charge on any atom is -0.423 e. The molecule has 0 heterocycles. The van der Waals surface area contributed by atoms with E-state index in [2.05, 4.69) is 25.1 Å². The van der Waals surface area contributed by atoms with Gasteiger partial charge in [-0.15, -0.1) is 0 Å². The van der Waals surface area contributed by atoms with E-state index in [1.54, 1.807) is 24.3 Å². The molecule has 2 aliphatic rings. The van der Waals surface area contributed by atoms with Crippen molar-refractivity contribution < 1.29 is 9.53 Å². The van der Waals surface area contributed by atoms with Crippen LogP contribution in [0, 0.1) is 29.1 Å². The Labute approximate surface area is 186 Å². The first-order chi connectivity index (χ1) is 15.2. The van der Waals surface area contributed by atoms with Gasteiger partial charge in [-0.25, -0.2) is 4.79 Å². The summed E-state index contributed by atoms with van der Waals surface area (Å²) in [6.45, 7) is 2.30. The first-order valence-electron chi connectivity index (χ1n) is 12.0. The third kappa shape index (κ3) is 5.37. The van der Waals surface area contributed by atoms with Crippen LogP contribution in [0.4, 0.5) is 0 Å². The van der Waals surface area contributed by atoms with Crippen LogP contribution < -0.4 is 4.74 Å². The van der Waals surface area contributed by atoms with E-state index in [1.807, 2.05) is 12.1 Å². The van der Waals surface area contributed by atoms with Crippen molar-refractivity contribution in [2.75, 3.05) is 0 Å². The molecule has 2 aromatic rings. The quantitative estimate of drug-likeness (QED) is 0.368. The Morgan fingerprint density at radius 1 is 0.968 bits per heavy atom. The van der Waals surface area contributed by atoms with Crippen LogP contribution in [0.3, 0.4) is 0 Å². The highest BCUT2D eigenvalue weighted by molar-refractivity contribution is 5.91. The molecule has 0 radical (unpaired) electrons. The van der Waals surface area contributed by atoms with Gasteiger partial charge in [0.1, 0.15) is 5.75 Å². The van der Waals surface area contributed by atoms with Gasteiger partial charge in [0.2, 0.25) is 0 Å². The van der Waals surface area contributed by atoms with Gasteiger partial charge in [0, 0.05) is 0 Å². The molecule has 0 bridgehead atoms. The molecule has 31 heavy (non-hydrogen) atoms. The maximum absolute atomic E-state index is 12.5.